The third kappa shape index (κ3) is 2.89. The van der Waals surface area contributed by atoms with Crippen LogP contribution in [0.15, 0.2) is 36.4 Å². The summed E-state index contributed by atoms with van der Waals surface area (Å²) in [5, 5.41) is 2.95. The molecule has 0 saturated heterocycles. The number of anilines is 1. The van der Waals surface area contributed by atoms with Crippen molar-refractivity contribution in [3.8, 4) is 0 Å². The minimum absolute atomic E-state index is 0.0293. The molecule has 2 aromatic carbocycles. The van der Waals surface area contributed by atoms with Crippen molar-refractivity contribution in [2.45, 2.75) is 31.7 Å². The maximum absolute atomic E-state index is 13.6. The lowest BCUT2D eigenvalue weighted by Crippen LogP contribution is -2.34. The maximum Gasteiger partial charge on any atom is 0.161 e. The van der Waals surface area contributed by atoms with E-state index in [-0.39, 0.29) is 11.7 Å². The molecule has 0 unspecified atom stereocenters. The molecule has 0 radical (unpaired) electrons. The van der Waals surface area contributed by atoms with Crippen LogP contribution in [0.2, 0.25) is 0 Å². The van der Waals surface area contributed by atoms with E-state index in [9.17, 15) is 13.2 Å². The fourth-order valence-electron chi connectivity index (χ4n) is 2.79. The van der Waals surface area contributed by atoms with Gasteiger partial charge in [0, 0.05) is 18.2 Å². The van der Waals surface area contributed by atoms with Gasteiger partial charge in [0.1, 0.15) is 5.82 Å². The van der Waals surface area contributed by atoms with E-state index < -0.39 is 17.5 Å². The summed E-state index contributed by atoms with van der Waals surface area (Å²) in [5.41, 5.74) is 2.52. The van der Waals surface area contributed by atoms with Crippen LogP contribution in [0.1, 0.15) is 29.9 Å². The van der Waals surface area contributed by atoms with E-state index in [0.29, 0.717) is 12.0 Å². The third-order valence-electron chi connectivity index (χ3n) is 4.02. The standard InChI is InChI=1S/C17H16F3N/c1-10-3-2-4-11(5-10)12-6-13(7-12)21-17-9-15(19)14(18)8-16(17)20/h2-5,8-9,12-13,21H,6-7H2,1H3. The first-order valence-electron chi connectivity index (χ1n) is 7.00. The maximum atomic E-state index is 13.6. The number of benzene rings is 2. The van der Waals surface area contributed by atoms with Crippen LogP contribution in [0.25, 0.3) is 0 Å². The van der Waals surface area contributed by atoms with Gasteiger partial charge in [-0.25, -0.2) is 13.2 Å². The zero-order valence-electron chi connectivity index (χ0n) is 11.7. The Kier molecular flexibility index (Phi) is 3.62. The zero-order chi connectivity index (χ0) is 15.0. The average Bonchev–Trinajstić information content (AvgIpc) is 2.39. The largest absolute Gasteiger partial charge is 0.380 e. The molecule has 0 atom stereocenters. The molecular weight excluding hydrogens is 275 g/mol. The molecule has 1 aliphatic carbocycles. The number of nitrogens with one attached hydrogen (secondary N) is 1. The molecule has 1 fully saturated rings. The highest BCUT2D eigenvalue weighted by Crippen LogP contribution is 2.39. The highest BCUT2D eigenvalue weighted by molar-refractivity contribution is 5.47. The summed E-state index contributed by atoms with van der Waals surface area (Å²) in [5.74, 6) is -2.51. The van der Waals surface area contributed by atoms with Crippen LogP contribution in [0.5, 0.6) is 0 Å². The predicted molar refractivity (Wildman–Crippen MR) is 76.9 cm³/mol. The second kappa shape index (κ2) is 5.43. The summed E-state index contributed by atoms with van der Waals surface area (Å²) in [6, 6.07) is 9.87. The normalized spacial score (nSPS) is 21.0. The Bertz CT molecular complexity index is 663. The smallest absolute Gasteiger partial charge is 0.161 e. The summed E-state index contributed by atoms with van der Waals surface area (Å²) < 4.78 is 39.6. The minimum Gasteiger partial charge on any atom is -0.380 e. The van der Waals surface area contributed by atoms with E-state index >= 15 is 0 Å². The first-order valence-corrected chi connectivity index (χ1v) is 7.00. The Hall–Kier alpha value is -1.97. The lowest BCUT2D eigenvalue weighted by Gasteiger charge is -2.37. The number of aryl methyl sites for hydroxylation is 1. The van der Waals surface area contributed by atoms with Crippen molar-refractivity contribution in [2.24, 2.45) is 0 Å². The first-order chi connectivity index (χ1) is 10.0. The van der Waals surface area contributed by atoms with Crippen molar-refractivity contribution >= 4 is 5.69 Å². The predicted octanol–water partition coefficient (Wildman–Crippen LogP) is 4.77. The van der Waals surface area contributed by atoms with Gasteiger partial charge in [0.05, 0.1) is 5.69 Å². The fourth-order valence-corrected chi connectivity index (χ4v) is 2.79. The molecule has 1 saturated carbocycles. The molecule has 4 heteroatoms. The van der Waals surface area contributed by atoms with Crippen molar-refractivity contribution in [2.75, 3.05) is 5.32 Å². The summed E-state index contributed by atoms with van der Waals surface area (Å²) in [6.07, 6.45) is 1.73. The molecule has 3 rings (SSSR count). The van der Waals surface area contributed by atoms with Gasteiger partial charge in [-0.1, -0.05) is 29.8 Å². The fraction of sp³-hybridized carbons (Fsp3) is 0.294. The van der Waals surface area contributed by atoms with Crippen LogP contribution in [0, 0.1) is 24.4 Å². The zero-order valence-corrected chi connectivity index (χ0v) is 11.7. The van der Waals surface area contributed by atoms with Crippen LogP contribution < -0.4 is 5.32 Å². The van der Waals surface area contributed by atoms with Gasteiger partial charge in [-0.05, 0) is 31.2 Å². The number of hydrogen-bond acceptors (Lipinski definition) is 1. The molecule has 0 bridgehead atoms. The number of halogens is 3. The minimum atomic E-state index is -1.16. The monoisotopic (exact) mass is 291 g/mol. The molecule has 21 heavy (non-hydrogen) atoms. The first kappa shape index (κ1) is 14.0. The molecule has 1 N–H and O–H groups in total. The number of rotatable bonds is 3. The Balaban J connectivity index is 1.64. The summed E-state index contributed by atoms with van der Waals surface area (Å²) >= 11 is 0. The lowest BCUT2D eigenvalue weighted by molar-refractivity contribution is 0.372. The summed E-state index contributed by atoms with van der Waals surface area (Å²) in [4.78, 5) is 0. The molecule has 0 amide bonds. The molecule has 2 aromatic rings. The van der Waals surface area contributed by atoms with Gasteiger partial charge in [-0.2, -0.15) is 0 Å². The van der Waals surface area contributed by atoms with Gasteiger partial charge in [-0.15, -0.1) is 0 Å². The van der Waals surface area contributed by atoms with Crippen molar-refractivity contribution in [3.63, 3.8) is 0 Å². The average molecular weight is 291 g/mol. The molecule has 1 nitrogen and oxygen atoms in total. The number of hydrogen-bond donors (Lipinski definition) is 1. The molecular formula is C17H16F3N. The van der Waals surface area contributed by atoms with Crippen LogP contribution >= 0.6 is 0 Å². The molecule has 110 valence electrons. The highest BCUT2D eigenvalue weighted by atomic mass is 19.2. The van der Waals surface area contributed by atoms with Crippen LogP contribution in [0.4, 0.5) is 18.9 Å². The molecule has 0 spiro atoms. The second-order valence-electron chi connectivity index (χ2n) is 5.67. The quantitative estimate of drug-likeness (QED) is 0.803. The SMILES string of the molecule is Cc1cccc(C2CC(Nc3cc(F)c(F)cc3F)C2)c1. The summed E-state index contributed by atoms with van der Waals surface area (Å²) in [6.45, 7) is 2.05. The highest BCUT2D eigenvalue weighted by Gasteiger charge is 2.30. The van der Waals surface area contributed by atoms with Gasteiger partial charge in [-0.3, -0.25) is 0 Å². The molecule has 0 heterocycles. The van der Waals surface area contributed by atoms with E-state index in [4.69, 9.17) is 0 Å². The van der Waals surface area contributed by atoms with E-state index in [1.165, 1.54) is 11.1 Å². The van der Waals surface area contributed by atoms with Crippen molar-refractivity contribution in [1.29, 1.82) is 0 Å². The molecule has 0 aliphatic heterocycles. The van der Waals surface area contributed by atoms with Gasteiger partial charge >= 0.3 is 0 Å². The van der Waals surface area contributed by atoms with Gasteiger partial charge in [0.25, 0.3) is 0 Å². The Morgan fingerprint density at radius 1 is 0.952 bits per heavy atom. The van der Waals surface area contributed by atoms with Crippen molar-refractivity contribution < 1.29 is 13.2 Å². The van der Waals surface area contributed by atoms with Gasteiger partial charge in [0.15, 0.2) is 11.6 Å². The van der Waals surface area contributed by atoms with Crippen molar-refractivity contribution in [1.82, 2.24) is 0 Å². The van der Waals surface area contributed by atoms with Crippen LogP contribution in [-0.4, -0.2) is 6.04 Å². The van der Waals surface area contributed by atoms with E-state index in [1.807, 2.05) is 6.07 Å². The Morgan fingerprint density at radius 2 is 1.67 bits per heavy atom. The second-order valence-corrected chi connectivity index (χ2v) is 5.67. The summed E-state index contributed by atoms with van der Waals surface area (Å²) in [7, 11) is 0. The van der Waals surface area contributed by atoms with E-state index in [0.717, 1.165) is 18.9 Å². The Labute approximate surface area is 121 Å². The molecule has 1 aliphatic rings. The third-order valence-corrected chi connectivity index (χ3v) is 4.02. The van der Waals surface area contributed by atoms with Gasteiger partial charge < -0.3 is 5.32 Å². The Morgan fingerprint density at radius 3 is 2.38 bits per heavy atom. The topological polar surface area (TPSA) is 12.0 Å². The van der Waals surface area contributed by atoms with E-state index in [1.54, 1.807) is 0 Å². The van der Waals surface area contributed by atoms with Crippen molar-refractivity contribution in [3.05, 3.63) is 65.0 Å². The van der Waals surface area contributed by atoms with Gasteiger partial charge in [0.2, 0.25) is 0 Å². The van der Waals surface area contributed by atoms with Crippen LogP contribution in [-0.2, 0) is 0 Å². The lowest BCUT2D eigenvalue weighted by atomic mass is 9.75. The van der Waals surface area contributed by atoms with E-state index in [2.05, 4.69) is 30.4 Å². The molecule has 0 aromatic heterocycles. The van der Waals surface area contributed by atoms with Crippen LogP contribution in [0.3, 0.4) is 0 Å².